The summed E-state index contributed by atoms with van der Waals surface area (Å²) >= 11 is -5.97. The number of hydrogen-bond acceptors (Lipinski definition) is 3. The molecule has 10 heteroatoms. The topological polar surface area (TPSA) is 49.7 Å². The number of rotatable bonds is 4. The van der Waals surface area contributed by atoms with Gasteiger partial charge in [0.2, 0.25) is 0 Å². The van der Waals surface area contributed by atoms with Gasteiger partial charge < -0.3 is 0 Å². The molecule has 0 bridgehead atoms. The van der Waals surface area contributed by atoms with E-state index in [9.17, 15) is 0 Å². The summed E-state index contributed by atoms with van der Waals surface area (Å²) in [6, 6.07) is 0. The first kappa shape index (κ1) is 18.1. The third kappa shape index (κ3) is 14.7. The first-order valence-corrected chi connectivity index (χ1v) is 19.7. The molecule has 1 atom stereocenters. The molecule has 0 aliphatic rings. The van der Waals surface area contributed by atoms with Gasteiger partial charge in [-0.15, -0.1) is 0 Å². The molecule has 0 aliphatic carbocycles. The van der Waals surface area contributed by atoms with E-state index in [1.807, 2.05) is 0 Å². The van der Waals surface area contributed by atoms with Crippen LogP contribution in [0.15, 0.2) is 0 Å². The monoisotopic (exact) mass is 386 g/mol. The summed E-state index contributed by atoms with van der Waals surface area (Å²) in [6.45, 7) is -0.941. The largest absolute Gasteiger partial charge is 0.187 e. The minimum atomic E-state index is -5.97. The Morgan fingerprint density at radius 3 is 1.77 bits per heavy atom. The van der Waals surface area contributed by atoms with Crippen molar-refractivity contribution in [2.75, 3.05) is 13.2 Å². The molecule has 82 valence electrons. The van der Waals surface area contributed by atoms with Gasteiger partial charge in [-0.1, -0.05) is 0 Å². The van der Waals surface area contributed by atoms with Crippen LogP contribution in [0.25, 0.3) is 0 Å². The van der Waals surface area contributed by atoms with Crippen LogP contribution < -0.4 is 0 Å². The molecular weight excluding hydrogens is 380 g/mol. The number of hydrogen-bond donors (Lipinski definition) is 2. The van der Waals surface area contributed by atoms with Crippen LogP contribution >= 0.6 is 42.6 Å². The van der Waals surface area contributed by atoms with Gasteiger partial charge in [-0.05, 0) is 0 Å². The second-order valence-corrected chi connectivity index (χ2v) is 46.7. The van der Waals surface area contributed by atoms with Gasteiger partial charge in [0.1, 0.15) is 0 Å². The molecular formula is C3H10AlCl5O3Zr. The van der Waals surface area contributed by atoms with Crippen LogP contribution in [-0.4, -0.2) is 46.9 Å². The molecule has 0 amide bonds. The van der Waals surface area contributed by atoms with Crippen molar-refractivity contribution in [1.82, 2.24) is 0 Å². The van der Waals surface area contributed by atoms with Crippen molar-refractivity contribution in [3.63, 3.8) is 0 Å². The maximum atomic E-state index is 8.81. The Balaban J connectivity index is 0. The van der Waals surface area contributed by atoms with Crippen molar-refractivity contribution in [2.24, 2.45) is 0 Å². The van der Waals surface area contributed by atoms with Crippen LogP contribution in [0.3, 0.4) is 0 Å². The minimum Gasteiger partial charge on any atom is 0.187 e. The number of aliphatic hydroxyl groups excluding tert-OH is 2. The van der Waals surface area contributed by atoms with E-state index in [0.717, 1.165) is 0 Å². The molecule has 0 rings (SSSR count). The summed E-state index contributed by atoms with van der Waals surface area (Å²) in [4.78, 5) is 0. The molecule has 0 saturated heterocycles. The normalized spacial score (nSPS) is 19.6. The zero-order chi connectivity index (χ0) is 10.1. The molecule has 1 unspecified atom stereocenters. The molecule has 3 nitrogen and oxygen atoms in total. The van der Waals surface area contributed by atoms with Gasteiger partial charge in [-0.3, -0.25) is 0 Å². The summed E-state index contributed by atoms with van der Waals surface area (Å²) in [5.41, 5.74) is 0. The van der Waals surface area contributed by atoms with Crippen LogP contribution in [0.2, 0.25) is 0 Å². The zero-order valence-corrected chi connectivity index (χ0v) is 11.9. The third-order valence-electron chi connectivity index (χ3n) is 0.759. The molecule has 0 aromatic rings. The predicted molar refractivity (Wildman–Crippen MR) is 58.2 cm³/mol. The van der Waals surface area contributed by atoms with Crippen molar-refractivity contribution in [3.8, 4) is 0 Å². The Bertz CT molecular complexity index is 167. The van der Waals surface area contributed by atoms with E-state index < -0.39 is 31.1 Å². The Labute approximate surface area is 103 Å². The van der Waals surface area contributed by atoms with E-state index in [1.165, 1.54) is 0 Å². The Kier molecular flexibility index (Phi) is 6.89. The zero-order valence-electron chi connectivity index (χ0n) is 5.68. The van der Waals surface area contributed by atoms with Gasteiger partial charge >= 0.3 is 86.7 Å². The average molecular weight is 390 g/mol. The summed E-state index contributed by atoms with van der Waals surface area (Å²) < 4.78 is 4.58. The van der Waals surface area contributed by atoms with Crippen LogP contribution in [0.1, 0.15) is 0 Å². The smallest absolute Gasteiger partial charge is 0.187 e. The van der Waals surface area contributed by atoms with E-state index >= 15 is 0 Å². The number of halogens is 5. The van der Waals surface area contributed by atoms with E-state index in [-0.39, 0.29) is 17.4 Å². The molecule has 0 fully saturated rings. The van der Waals surface area contributed by atoms with Gasteiger partial charge in [0.05, 0.1) is 0 Å². The average Bonchev–Trinajstić information content (AvgIpc) is 1.78. The Hall–Kier alpha value is 2.75. The molecule has 13 heavy (non-hydrogen) atoms. The minimum absolute atomic E-state index is 0. The molecule has 0 aromatic heterocycles. The first-order valence-electron chi connectivity index (χ1n) is 2.83. The van der Waals surface area contributed by atoms with Crippen LogP contribution in [0, 0.1) is 0 Å². The van der Waals surface area contributed by atoms with E-state index in [1.54, 1.807) is 0 Å². The maximum Gasteiger partial charge on any atom is 0.187 e. The van der Waals surface area contributed by atoms with Gasteiger partial charge in [0.25, 0.3) is 0 Å². The van der Waals surface area contributed by atoms with Crippen molar-refractivity contribution in [1.29, 1.82) is 0 Å². The fraction of sp³-hybridized carbons (Fsp3) is 1.00. The van der Waals surface area contributed by atoms with Crippen LogP contribution in [0.4, 0.5) is 0 Å². The fourth-order valence-electron chi connectivity index (χ4n) is 0.306. The van der Waals surface area contributed by atoms with Gasteiger partial charge in [-0.2, -0.15) is 0 Å². The number of aliphatic hydroxyl groups is 2. The summed E-state index contributed by atoms with van der Waals surface area (Å²) in [7, 11) is 27.0. The van der Waals surface area contributed by atoms with Crippen molar-refractivity contribution >= 4 is 59.9 Å². The van der Waals surface area contributed by atoms with Crippen molar-refractivity contribution in [2.45, 2.75) is 6.10 Å². The van der Waals surface area contributed by atoms with Crippen LogP contribution in [-0.2, 0) is 14.6 Å². The summed E-state index contributed by atoms with van der Waals surface area (Å²) in [5.74, 6) is 0. The SMILES string of the molecule is OCC(O)C[O][Zr]([Cl])([Cl])([Cl])([Cl])[Cl].[AlH3]. The van der Waals surface area contributed by atoms with Gasteiger partial charge in [-0.25, -0.2) is 0 Å². The van der Waals surface area contributed by atoms with Crippen molar-refractivity contribution < 1.29 is 24.8 Å². The fourth-order valence-corrected chi connectivity index (χ4v) is 3.42. The van der Waals surface area contributed by atoms with Crippen molar-refractivity contribution in [3.05, 3.63) is 0 Å². The second kappa shape index (κ2) is 4.94. The van der Waals surface area contributed by atoms with E-state index in [4.69, 9.17) is 52.8 Å². The van der Waals surface area contributed by atoms with E-state index in [0.29, 0.717) is 0 Å². The van der Waals surface area contributed by atoms with E-state index in [2.05, 4.69) is 2.81 Å². The molecule has 0 heterocycles. The maximum absolute atomic E-state index is 8.81. The van der Waals surface area contributed by atoms with Crippen LogP contribution in [0.5, 0.6) is 0 Å². The third-order valence-corrected chi connectivity index (χ3v) is 5.74. The molecule has 0 saturated carbocycles. The Morgan fingerprint density at radius 1 is 1.15 bits per heavy atom. The van der Waals surface area contributed by atoms with Gasteiger partial charge in [0.15, 0.2) is 17.4 Å². The quantitative estimate of drug-likeness (QED) is 0.708. The molecule has 2 N–H and O–H groups in total. The second-order valence-electron chi connectivity index (χ2n) is 2.25. The first-order chi connectivity index (χ1) is 4.93. The predicted octanol–water partition coefficient (Wildman–Crippen LogP) is 1.08. The molecule has 0 spiro atoms. The molecule has 0 radical (unpaired) electrons. The standard InChI is InChI=1S/C3H7O3.Al.5ClH.Zr.3H/c4-1-3(6)2-5;;;;;;;;;;/h3-4,6H,1-2H2;;5*1H;;;;/q-1;;;;;;;+6;;;/p-5. The molecule has 0 aliphatic heterocycles. The summed E-state index contributed by atoms with van der Waals surface area (Å²) in [5, 5.41) is 17.2. The summed E-state index contributed by atoms with van der Waals surface area (Å²) in [6.07, 6.45) is -1.17. The van der Waals surface area contributed by atoms with Gasteiger partial charge in [0, 0.05) is 0 Å². The Morgan fingerprint density at radius 2 is 1.54 bits per heavy atom. The molecule has 0 aromatic carbocycles.